The number of carbonyl (C=O) groups is 1. The van der Waals surface area contributed by atoms with Gasteiger partial charge in [-0.05, 0) is 42.7 Å². The highest BCUT2D eigenvalue weighted by atomic mass is 79.9. The number of hydrogen-bond donors (Lipinski definition) is 1. The topological polar surface area (TPSA) is 69.2 Å². The molecule has 0 unspecified atom stereocenters. The Morgan fingerprint density at radius 1 is 1.17 bits per heavy atom. The zero-order chi connectivity index (χ0) is 21.4. The van der Waals surface area contributed by atoms with E-state index in [0.29, 0.717) is 29.4 Å². The number of rotatable bonds is 8. The Labute approximate surface area is 180 Å². The van der Waals surface area contributed by atoms with E-state index in [9.17, 15) is 4.79 Å². The van der Waals surface area contributed by atoms with Crippen molar-refractivity contribution >= 4 is 28.1 Å². The highest BCUT2D eigenvalue weighted by molar-refractivity contribution is 9.10. The summed E-state index contributed by atoms with van der Waals surface area (Å²) in [5, 5.41) is 4.01. The van der Waals surface area contributed by atoms with Crippen LogP contribution in [0, 0.1) is 0 Å². The summed E-state index contributed by atoms with van der Waals surface area (Å²) in [6.45, 7) is 8.52. The summed E-state index contributed by atoms with van der Waals surface area (Å²) in [5.41, 5.74) is 4.08. The second-order valence-corrected chi connectivity index (χ2v) is 8.20. The molecule has 7 heteroatoms. The van der Waals surface area contributed by atoms with Gasteiger partial charge >= 0.3 is 0 Å². The number of ether oxygens (including phenoxy) is 3. The number of methoxy groups -OCH3 is 1. The number of para-hydroxylation sites is 1. The molecule has 0 spiro atoms. The Kier molecular flexibility index (Phi) is 8.08. The van der Waals surface area contributed by atoms with E-state index in [1.165, 1.54) is 6.21 Å². The third kappa shape index (κ3) is 6.49. The minimum absolute atomic E-state index is 0.115. The number of halogens is 1. The summed E-state index contributed by atoms with van der Waals surface area (Å²) in [6.07, 6.45) is 1.52. The van der Waals surface area contributed by atoms with Gasteiger partial charge in [-0.15, -0.1) is 0 Å². The lowest BCUT2D eigenvalue weighted by molar-refractivity contribution is -0.123. The van der Waals surface area contributed by atoms with Crippen LogP contribution in [0.25, 0.3) is 0 Å². The summed E-state index contributed by atoms with van der Waals surface area (Å²) < 4.78 is 17.6. The molecule has 2 aromatic rings. The predicted molar refractivity (Wildman–Crippen MR) is 118 cm³/mol. The molecule has 6 nitrogen and oxygen atoms in total. The van der Waals surface area contributed by atoms with Crippen molar-refractivity contribution in [2.45, 2.75) is 33.1 Å². The third-order valence-electron chi connectivity index (χ3n) is 4.02. The first kappa shape index (κ1) is 22.7. The molecular formula is C22H27BrN2O4. The zero-order valence-electron chi connectivity index (χ0n) is 17.4. The molecule has 0 saturated carbocycles. The molecule has 0 saturated heterocycles. The van der Waals surface area contributed by atoms with Gasteiger partial charge in [0.25, 0.3) is 5.91 Å². The normalized spacial score (nSPS) is 11.4. The van der Waals surface area contributed by atoms with Crippen molar-refractivity contribution in [1.82, 2.24) is 5.43 Å². The van der Waals surface area contributed by atoms with Crippen LogP contribution in [-0.4, -0.2) is 32.4 Å². The van der Waals surface area contributed by atoms with Crippen molar-refractivity contribution in [3.8, 4) is 17.2 Å². The second-order valence-electron chi connectivity index (χ2n) is 7.28. The molecule has 1 amide bonds. The molecule has 0 aliphatic heterocycles. The Balaban J connectivity index is 2.02. The van der Waals surface area contributed by atoms with E-state index in [1.54, 1.807) is 13.2 Å². The van der Waals surface area contributed by atoms with Crippen molar-refractivity contribution in [3.05, 3.63) is 52.0 Å². The molecule has 0 fully saturated rings. The monoisotopic (exact) mass is 462 g/mol. The Hall–Kier alpha value is -2.54. The number of hydrazone groups is 1. The summed E-state index contributed by atoms with van der Waals surface area (Å²) in [4.78, 5) is 12.2. The fourth-order valence-corrected chi connectivity index (χ4v) is 3.02. The van der Waals surface area contributed by atoms with Crippen LogP contribution in [-0.2, 0) is 10.2 Å². The molecule has 0 heterocycles. The van der Waals surface area contributed by atoms with Crippen LogP contribution in [0.1, 0.15) is 38.8 Å². The summed E-state index contributed by atoms with van der Waals surface area (Å²) in [6, 6.07) is 11.2. The largest absolute Gasteiger partial charge is 0.493 e. The standard InChI is InChI=1S/C22H27BrN2O4/c1-6-28-21-15(8-7-9-19(21)27-5)13-24-25-20(26)14-29-18-11-10-16(23)12-17(18)22(2,3)4/h7-13H,6,14H2,1-5H3,(H,25,26)/b24-13+. The summed E-state index contributed by atoms with van der Waals surface area (Å²) >= 11 is 3.48. The predicted octanol–water partition coefficient (Wildman–Crippen LogP) is 4.68. The van der Waals surface area contributed by atoms with Crippen LogP contribution >= 0.6 is 15.9 Å². The molecule has 0 atom stereocenters. The first-order valence-electron chi connectivity index (χ1n) is 9.30. The van der Waals surface area contributed by atoms with Gasteiger partial charge in [0.1, 0.15) is 5.75 Å². The van der Waals surface area contributed by atoms with Crippen LogP contribution in [0.15, 0.2) is 46.0 Å². The molecule has 1 N–H and O–H groups in total. The summed E-state index contributed by atoms with van der Waals surface area (Å²) in [7, 11) is 1.58. The van der Waals surface area contributed by atoms with Gasteiger partial charge in [-0.3, -0.25) is 4.79 Å². The number of benzene rings is 2. The lowest BCUT2D eigenvalue weighted by atomic mass is 9.86. The zero-order valence-corrected chi connectivity index (χ0v) is 19.0. The molecule has 0 aromatic heterocycles. The molecular weight excluding hydrogens is 436 g/mol. The number of nitrogens with one attached hydrogen (secondary N) is 1. The van der Waals surface area contributed by atoms with Crippen LogP contribution in [0.2, 0.25) is 0 Å². The molecule has 0 aliphatic carbocycles. The van der Waals surface area contributed by atoms with E-state index in [-0.39, 0.29) is 17.9 Å². The maximum absolute atomic E-state index is 12.2. The fourth-order valence-electron chi connectivity index (χ4n) is 2.66. The highest BCUT2D eigenvalue weighted by Gasteiger charge is 2.20. The number of nitrogens with zero attached hydrogens (tertiary/aromatic N) is 1. The van der Waals surface area contributed by atoms with Crippen molar-refractivity contribution < 1.29 is 19.0 Å². The SMILES string of the molecule is CCOc1c(/C=N/NC(=O)COc2ccc(Br)cc2C(C)(C)C)cccc1OC. The Morgan fingerprint density at radius 3 is 2.59 bits per heavy atom. The molecule has 0 aliphatic rings. The first-order chi connectivity index (χ1) is 13.8. The minimum atomic E-state index is -0.357. The van der Waals surface area contributed by atoms with Crippen LogP contribution in [0.5, 0.6) is 17.2 Å². The lowest BCUT2D eigenvalue weighted by Gasteiger charge is -2.23. The van der Waals surface area contributed by atoms with E-state index in [0.717, 1.165) is 10.0 Å². The lowest BCUT2D eigenvalue weighted by Crippen LogP contribution is -2.25. The van der Waals surface area contributed by atoms with E-state index in [1.807, 2.05) is 37.3 Å². The maximum Gasteiger partial charge on any atom is 0.277 e. The van der Waals surface area contributed by atoms with E-state index in [4.69, 9.17) is 14.2 Å². The smallest absolute Gasteiger partial charge is 0.277 e. The van der Waals surface area contributed by atoms with E-state index in [2.05, 4.69) is 47.2 Å². The number of amides is 1. The Bertz CT molecular complexity index is 876. The molecule has 0 radical (unpaired) electrons. The fraction of sp³-hybridized carbons (Fsp3) is 0.364. The average molecular weight is 463 g/mol. The number of carbonyl (C=O) groups excluding carboxylic acids is 1. The molecule has 156 valence electrons. The quantitative estimate of drug-likeness (QED) is 0.456. The minimum Gasteiger partial charge on any atom is -0.493 e. The second kappa shape index (κ2) is 10.3. The van der Waals surface area contributed by atoms with Gasteiger partial charge < -0.3 is 14.2 Å². The van der Waals surface area contributed by atoms with E-state index >= 15 is 0 Å². The van der Waals surface area contributed by atoms with Gasteiger partial charge in [-0.25, -0.2) is 5.43 Å². The van der Waals surface area contributed by atoms with Gasteiger partial charge in [-0.2, -0.15) is 5.10 Å². The van der Waals surface area contributed by atoms with Crippen molar-refractivity contribution in [3.63, 3.8) is 0 Å². The van der Waals surface area contributed by atoms with Crippen molar-refractivity contribution in [2.75, 3.05) is 20.3 Å². The van der Waals surface area contributed by atoms with Crippen molar-refractivity contribution in [2.24, 2.45) is 5.10 Å². The summed E-state index contributed by atoms with van der Waals surface area (Å²) in [5.74, 6) is 1.50. The molecule has 2 aromatic carbocycles. The van der Waals surface area contributed by atoms with Crippen molar-refractivity contribution in [1.29, 1.82) is 0 Å². The van der Waals surface area contributed by atoms with Crippen LogP contribution in [0.3, 0.4) is 0 Å². The molecule has 0 bridgehead atoms. The van der Waals surface area contributed by atoms with Gasteiger partial charge in [0.15, 0.2) is 18.1 Å². The van der Waals surface area contributed by atoms with Crippen LogP contribution < -0.4 is 19.6 Å². The number of hydrogen-bond acceptors (Lipinski definition) is 5. The first-order valence-corrected chi connectivity index (χ1v) is 10.1. The molecule has 2 rings (SSSR count). The molecule has 29 heavy (non-hydrogen) atoms. The van der Waals surface area contributed by atoms with Gasteiger partial charge in [-0.1, -0.05) is 42.8 Å². The third-order valence-corrected chi connectivity index (χ3v) is 4.51. The average Bonchev–Trinajstić information content (AvgIpc) is 2.67. The van der Waals surface area contributed by atoms with E-state index < -0.39 is 0 Å². The van der Waals surface area contributed by atoms with Crippen LogP contribution in [0.4, 0.5) is 0 Å². The highest BCUT2D eigenvalue weighted by Crippen LogP contribution is 2.33. The Morgan fingerprint density at radius 2 is 1.93 bits per heavy atom. The van der Waals surface area contributed by atoms with Gasteiger partial charge in [0.2, 0.25) is 0 Å². The van der Waals surface area contributed by atoms with Gasteiger partial charge in [0.05, 0.1) is 19.9 Å². The maximum atomic E-state index is 12.2. The van der Waals surface area contributed by atoms with Gasteiger partial charge in [0, 0.05) is 15.6 Å².